The minimum atomic E-state index is -0.335. The average molecular weight is 650 g/mol. The number of amides is 2. The Balaban J connectivity index is 1.52. The zero-order valence-corrected chi connectivity index (χ0v) is 23.7. The van der Waals surface area contributed by atoms with E-state index >= 15 is 0 Å². The minimum absolute atomic E-state index is 0.112. The molecule has 0 saturated heterocycles. The molecule has 184 valence electrons. The highest BCUT2D eigenvalue weighted by atomic mass is 79.9. The number of carbonyl (C=O) groups is 2. The second-order valence-corrected chi connectivity index (χ2v) is 10.9. The van der Waals surface area contributed by atoms with Gasteiger partial charge in [0.25, 0.3) is 5.91 Å². The van der Waals surface area contributed by atoms with E-state index in [1.807, 2.05) is 60.0 Å². The molecule has 2 N–H and O–H groups in total. The van der Waals surface area contributed by atoms with Crippen LogP contribution in [-0.4, -0.2) is 32.3 Å². The van der Waals surface area contributed by atoms with Crippen LogP contribution in [0.1, 0.15) is 21.7 Å². The predicted octanol–water partition coefficient (Wildman–Crippen LogP) is 6.41. The zero-order valence-electron chi connectivity index (χ0n) is 19.0. The molecule has 0 aliphatic carbocycles. The molecular weight excluding hydrogens is 630 g/mol. The van der Waals surface area contributed by atoms with Gasteiger partial charge in [0.15, 0.2) is 11.0 Å². The first-order valence-electron chi connectivity index (χ1n) is 10.7. The standard InChI is InChI=1S/C25H20Br2ClN5O2S/c1-15-3-2-4-18(11-15)30-23(34)14-36-25-32-31-22(33(25)19-8-5-16(26)6-9-19)13-29-24(35)20-12-17(27)7-10-21(20)28/h2-12H,13-14H2,1H3,(H,29,35)(H,30,34). The van der Waals surface area contributed by atoms with Crippen molar-refractivity contribution in [3.8, 4) is 5.69 Å². The molecule has 0 radical (unpaired) electrons. The number of hydrogen-bond donors (Lipinski definition) is 2. The van der Waals surface area contributed by atoms with Crippen LogP contribution in [0.5, 0.6) is 0 Å². The van der Waals surface area contributed by atoms with Gasteiger partial charge in [0.2, 0.25) is 5.91 Å². The smallest absolute Gasteiger partial charge is 0.253 e. The molecule has 0 unspecified atom stereocenters. The van der Waals surface area contributed by atoms with Crippen LogP contribution in [0.3, 0.4) is 0 Å². The molecule has 2 amide bonds. The number of aryl methyl sites for hydroxylation is 1. The molecule has 0 saturated carbocycles. The van der Waals surface area contributed by atoms with Crippen LogP contribution in [0.4, 0.5) is 5.69 Å². The summed E-state index contributed by atoms with van der Waals surface area (Å²) in [6.45, 7) is 2.08. The van der Waals surface area contributed by atoms with E-state index in [-0.39, 0.29) is 24.1 Å². The number of hydrogen-bond acceptors (Lipinski definition) is 5. The Hall–Kier alpha value is -2.66. The fourth-order valence-electron chi connectivity index (χ4n) is 3.33. The highest BCUT2D eigenvalue weighted by Crippen LogP contribution is 2.25. The maximum atomic E-state index is 12.8. The van der Waals surface area contributed by atoms with E-state index in [9.17, 15) is 9.59 Å². The van der Waals surface area contributed by atoms with E-state index in [4.69, 9.17) is 11.6 Å². The second-order valence-electron chi connectivity index (χ2n) is 7.72. The fourth-order valence-corrected chi connectivity index (χ4v) is 4.93. The molecule has 0 bridgehead atoms. The zero-order chi connectivity index (χ0) is 25.7. The van der Waals surface area contributed by atoms with Gasteiger partial charge in [-0.25, -0.2) is 0 Å². The molecule has 0 spiro atoms. The van der Waals surface area contributed by atoms with Crippen molar-refractivity contribution < 1.29 is 9.59 Å². The van der Waals surface area contributed by atoms with E-state index in [0.29, 0.717) is 21.6 Å². The van der Waals surface area contributed by atoms with Gasteiger partial charge in [-0.3, -0.25) is 14.2 Å². The lowest BCUT2D eigenvalue weighted by Crippen LogP contribution is -2.25. The van der Waals surface area contributed by atoms with E-state index in [1.54, 1.807) is 18.2 Å². The Morgan fingerprint density at radius 1 is 1.00 bits per heavy atom. The highest BCUT2D eigenvalue weighted by molar-refractivity contribution is 9.10. The Morgan fingerprint density at radius 3 is 2.50 bits per heavy atom. The van der Waals surface area contributed by atoms with Gasteiger partial charge in [0.05, 0.1) is 22.9 Å². The summed E-state index contributed by atoms with van der Waals surface area (Å²) in [7, 11) is 0. The van der Waals surface area contributed by atoms with Crippen molar-refractivity contribution in [3.63, 3.8) is 0 Å². The molecule has 0 atom stereocenters. The molecule has 36 heavy (non-hydrogen) atoms. The van der Waals surface area contributed by atoms with Crippen molar-refractivity contribution in [3.05, 3.63) is 97.6 Å². The third-order valence-corrected chi connectivity index (χ3v) is 7.28. The van der Waals surface area contributed by atoms with E-state index in [0.717, 1.165) is 25.9 Å². The monoisotopic (exact) mass is 647 g/mol. The summed E-state index contributed by atoms with van der Waals surface area (Å²) in [5, 5.41) is 15.2. The minimum Gasteiger partial charge on any atom is -0.345 e. The largest absolute Gasteiger partial charge is 0.345 e. The van der Waals surface area contributed by atoms with Gasteiger partial charge in [-0.05, 0) is 67.1 Å². The topological polar surface area (TPSA) is 88.9 Å². The van der Waals surface area contributed by atoms with Crippen molar-refractivity contribution in [2.75, 3.05) is 11.1 Å². The van der Waals surface area contributed by atoms with Crippen molar-refractivity contribution >= 4 is 72.7 Å². The van der Waals surface area contributed by atoms with Crippen LogP contribution < -0.4 is 10.6 Å². The van der Waals surface area contributed by atoms with Gasteiger partial charge in [-0.2, -0.15) is 0 Å². The van der Waals surface area contributed by atoms with E-state index in [2.05, 4.69) is 52.7 Å². The van der Waals surface area contributed by atoms with Crippen LogP contribution in [0.25, 0.3) is 5.69 Å². The van der Waals surface area contributed by atoms with Crippen molar-refractivity contribution in [1.82, 2.24) is 20.1 Å². The van der Waals surface area contributed by atoms with Crippen molar-refractivity contribution in [2.45, 2.75) is 18.6 Å². The maximum Gasteiger partial charge on any atom is 0.253 e. The van der Waals surface area contributed by atoms with Crippen molar-refractivity contribution in [2.24, 2.45) is 0 Å². The summed E-state index contributed by atoms with van der Waals surface area (Å²) >= 11 is 14.3. The Labute approximate surface area is 234 Å². The molecule has 0 aliphatic rings. The van der Waals surface area contributed by atoms with Gasteiger partial charge in [0.1, 0.15) is 0 Å². The van der Waals surface area contributed by atoms with Crippen LogP contribution in [0.2, 0.25) is 5.02 Å². The third kappa shape index (κ3) is 6.76. The molecule has 0 fully saturated rings. The molecular formula is C25H20Br2ClN5O2S. The molecule has 1 aromatic heterocycles. The molecule has 3 aromatic carbocycles. The van der Waals surface area contributed by atoms with Crippen LogP contribution >= 0.6 is 55.2 Å². The number of rotatable bonds is 8. The summed E-state index contributed by atoms with van der Waals surface area (Å²) in [4.78, 5) is 25.3. The second kappa shape index (κ2) is 12.1. The van der Waals surface area contributed by atoms with E-state index in [1.165, 1.54) is 11.8 Å². The maximum absolute atomic E-state index is 12.8. The number of thioether (sulfide) groups is 1. The third-order valence-electron chi connectivity index (χ3n) is 5.00. The summed E-state index contributed by atoms with van der Waals surface area (Å²) in [6.07, 6.45) is 0. The Bertz CT molecular complexity index is 1410. The number of halogens is 3. The lowest BCUT2D eigenvalue weighted by atomic mass is 10.2. The lowest BCUT2D eigenvalue weighted by molar-refractivity contribution is -0.113. The van der Waals surface area contributed by atoms with Crippen LogP contribution in [-0.2, 0) is 11.3 Å². The molecule has 11 heteroatoms. The summed E-state index contributed by atoms with van der Waals surface area (Å²) in [5.41, 5.74) is 2.95. The Morgan fingerprint density at radius 2 is 1.75 bits per heavy atom. The number of carbonyl (C=O) groups excluding carboxylic acids is 2. The quantitative estimate of drug-likeness (QED) is 0.215. The molecule has 4 rings (SSSR count). The molecule has 7 nitrogen and oxygen atoms in total. The summed E-state index contributed by atoms with van der Waals surface area (Å²) < 4.78 is 3.49. The van der Waals surface area contributed by atoms with Gasteiger partial charge in [-0.15, -0.1) is 10.2 Å². The summed E-state index contributed by atoms with van der Waals surface area (Å²) in [6, 6.07) is 20.3. The average Bonchev–Trinajstić information content (AvgIpc) is 3.26. The van der Waals surface area contributed by atoms with Crippen LogP contribution in [0.15, 0.2) is 80.8 Å². The number of benzene rings is 3. The Kier molecular flexibility index (Phi) is 8.84. The first kappa shape index (κ1) is 26.4. The van der Waals surface area contributed by atoms with E-state index < -0.39 is 0 Å². The highest BCUT2D eigenvalue weighted by Gasteiger charge is 2.18. The van der Waals surface area contributed by atoms with Gasteiger partial charge >= 0.3 is 0 Å². The molecule has 1 heterocycles. The fraction of sp³-hybridized carbons (Fsp3) is 0.120. The van der Waals surface area contributed by atoms with Crippen LogP contribution in [0, 0.1) is 6.92 Å². The lowest BCUT2D eigenvalue weighted by Gasteiger charge is -2.12. The number of aromatic nitrogens is 3. The van der Waals surface area contributed by atoms with Gasteiger partial charge in [0, 0.05) is 20.3 Å². The number of nitrogens with one attached hydrogen (secondary N) is 2. The number of anilines is 1. The van der Waals surface area contributed by atoms with Crippen molar-refractivity contribution in [1.29, 1.82) is 0 Å². The first-order valence-corrected chi connectivity index (χ1v) is 13.7. The van der Waals surface area contributed by atoms with Gasteiger partial charge in [-0.1, -0.05) is 67.4 Å². The predicted molar refractivity (Wildman–Crippen MR) is 150 cm³/mol. The number of nitrogens with zero attached hydrogens (tertiary/aromatic N) is 3. The van der Waals surface area contributed by atoms with Gasteiger partial charge < -0.3 is 10.6 Å². The summed E-state index contributed by atoms with van der Waals surface area (Å²) in [5.74, 6) is 0.162. The normalized spacial score (nSPS) is 10.8. The SMILES string of the molecule is Cc1cccc(NC(=O)CSc2nnc(CNC(=O)c3cc(Br)ccc3Cl)n2-c2ccc(Br)cc2)c1. The molecule has 0 aliphatic heterocycles. The first-order chi connectivity index (χ1) is 17.3. The molecule has 4 aromatic rings.